The van der Waals surface area contributed by atoms with Crippen LogP contribution in [-0.4, -0.2) is 48.5 Å². The number of esters is 2. The van der Waals surface area contributed by atoms with Gasteiger partial charge in [-0.05, 0) is 95.3 Å². The number of benzene rings is 1. The number of halogens is 6. The van der Waals surface area contributed by atoms with Crippen LogP contribution in [0, 0.1) is 30.3 Å². The summed E-state index contributed by atoms with van der Waals surface area (Å²) in [5.74, 6) is -8.07. The summed E-state index contributed by atoms with van der Waals surface area (Å²) in [5.41, 5.74) is -0.778. The molecule has 1 aliphatic heterocycles. The SMILES string of the molecule is O=C1OC2(Oc3cc(I)c(I)cc31)C1CC3CC2CC(C(=O)OCCC(F)(F)C(F)(F)S(=O)(=O)O)(C3)C1. The molecule has 0 aromatic heterocycles. The average molecular weight is 774 g/mol. The lowest BCUT2D eigenvalue weighted by Gasteiger charge is -2.62. The van der Waals surface area contributed by atoms with E-state index in [1.807, 2.05) is 0 Å². The van der Waals surface area contributed by atoms with Gasteiger partial charge in [-0.25, -0.2) is 4.79 Å². The van der Waals surface area contributed by atoms with E-state index in [0.717, 1.165) is 7.14 Å². The summed E-state index contributed by atoms with van der Waals surface area (Å²) in [6.07, 6.45) is 0.243. The Morgan fingerprint density at radius 2 is 1.68 bits per heavy atom. The van der Waals surface area contributed by atoms with Gasteiger partial charge in [0, 0.05) is 19.0 Å². The fourth-order valence-corrected chi connectivity index (χ4v) is 7.82. The second-order valence-corrected chi connectivity index (χ2v) is 14.0. The highest BCUT2D eigenvalue weighted by molar-refractivity contribution is 14.1. The first-order valence-corrected chi connectivity index (χ1v) is 14.9. The smallest absolute Gasteiger partial charge is 0.431 e. The van der Waals surface area contributed by atoms with E-state index < -0.39 is 57.5 Å². The quantitative estimate of drug-likeness (QED) is 0.186. The van der Waals surface area contributed by atoms with Crippen LogP contribution < -0.4 is 4.74 Å². The van der Waals surface area contributed by atoms with Crippen LogP contribution in [0.15, 0.2) is 12.1 Å². The molecular formula is C22H20F4I2O8S. The molecule has 8 nitrogen and oxygen atoms in total. The molecule has 2 atom stereocenters. The van der Waals surface area contributed by atoms with E-state index in [4.69, 9.17) is 18.8 Å². The van der Waals surface area contributed by atoms with Gasteiger partial charge in [0.15, 0.2) is 0 Å². The number of carbonyl (C=O) groups excluding carboxylic acids is 2. The van der Waals surface area contributed by atoms with Crippen molar-refractivity contribution < 1.29 is 54.3 Å². The van der Waals surface area contributed by atoms with E-state index in [2.05, 4.69) is 45.2 Å². The molecule has 204 valence electrons. The third-order valence-corrected chi connectivity index (χ3v) is 11.7. The summed E-state index contributed by atoms with van der Waals surface area (Å²) < 4.78 is 103. The lowest BCUT2D eigenvalue weighted by molar-refractivity contribution is -0.294. The van der Waals surface area contributed by atoms with Crippen LogP contribution in [0.2, 0.25) is 0 Å². The number of fused-ring (bicyclic) bond motifs is 1. The maximum absolute atomic E-state index is 13.8. The van der Waals surface area contributed by atoms with Crippen molar-refractivity contribution in [3.63, 3.8) is 0 Å². The minimum absolute atomic E-state index is 0.0709. The molecule has 4 fully saturated rings. The summed E-state index contributed by atoms with van der Waals surface area (Å²) in [5, 5.41) is -5.73. The minimum Gasteiger partial charge on any atom is -0.465 e. The number of hydrogen-bond acceptors (Lipinski definition) is 7. The molecule has 4 bridgehead atoms. The summed E-state index contributed by atoms with van der Waals surface area (Å²) >= 11 is 4.23. The Hall–Kier alpha value is -0.950. The summed E-state index contributed by atoms with van der Waals surface area (Å²) in [7, 11) is -6.37. The lowest BCUT2D eigenvalue weighted by atomic mass is 9.47. The second-order valence-electron chi connectivity index (χ2n) is 10.2. The van der Waals surface area contributed by atoms with Gasteiger partial charge in [0.05, 0.1) is 18.4 Å². The molecule has 1 aromatic carbocycles. The van der Waals surface area contributed by atoms with E-state index in [1.54, 1.807) is 12.1 Å². The summed E-state index contributed by atoms with van der Waals surface area (Å²) in [6, 6.07) is 3.45. The molecule has 5 aliphatic rings. The number of rotatable bonds is 6. The van der Waals surface area contributed by atoms with Crippen molar-refractivity contribution in [2.45, 2.75) is 55.5 Å². The summed E-state index contributed by atoms with van der Waals surface area (Å²) in [6.45, 7) is -1.17. The molecule has 0 radical (unpaired) electrons. The molecule has 4 aliphatic carbocycles. The number of alkyl halides is 4. The fourth-order valence-electron chi connectivity index (χ4n) is 6.43. The van der Waals surface area contributed by atoms with E-state index in [9.17, 15) is 35.6 Å². The number of ether oxygens (including phenoxy) is 3. The number of carbonyl (C=O) groups is 2. The van der Waals surface area contributed by atoms with Crippen LogP contribution >= 0.6 is 45.2 Å². The van der Waals surface area contributed by atoms with Crippen LogP contribution in [0.1, 0.15) is 48.9 Å². The number of hydrogen-bond donors (Lipinski definition) is 1. The molecule has 1 spiro atoms. The Morgan fingerprint density at radius 1 is 1.08 bits per heavy atom. The van der Waals surface area contributed by atoms with Crippen molar-refractivity contribution >= 4 is 67.2 Å². The fraction of sp³-hybridized carbons (Fsp3) is 0.636. The lowest BCUT2D eigenvalue weighted by Crippen LogP contribution is -2.67. The first kappa shape index (κ1) is 27.6. The molecule has 1 heterocycles. The van der Waals surface area contributed by atoms with Gasteiger partial charge in [-0.1, -0.05) is 0 Å². The van der Waals surface area contributed by atoms with Crippen molar-refractivity contribution in [2.24, 2.45) is 23.2 Å². The first-order chi connectivity index (χ1) is 17.0. The second kappa shape index (κ2) is 8.78. The van der Waals surface area contributed by atoms with E-state index in [0.29, 0.717) is 30.6 Å². The molecule has 0 saturated heterocycles. The highest BCUT2D eigenvalue weighted by Gasteiger charge is 2.70. The third-order valence-electron chi connectivity index (χ3n) is 7.92. The van der Waals surface area contributed by atoms with Gasteiger partial charge < -0.3 is 14.2 Å². The van der Waals surface area contributed by atoms with Gasteiger partial charge in [0.1, 0.15) is 11.3 Å². The maximum Gasteiger partial charge on any atom is 0.431 e. The van der Waals surface area contributed by atoms with Crippen LogP contribution in [0.25, 0.3) is 0 Å². The first-order valence-electron chi connectivity index (χ1n) is 11.3. The standard InChI is InChI=1S/C22H20F4I2O8S/c23-20(24,22(25,26)37(31,32)33)1-2-34-18(30)19-7-10-3-11(8-19)21(12(4-10)9-19)35-16-6-15(28)14(27)5-13(16)17(29)36-21/h5-6,10-12H,1-4,7-9H2,(H,31,32,33). The van der Waals surface area contributed by atoms with Crippen molar-refractivity contribution in [2.75, 3.05) is 6.61 Å². The highest BCUT2D eigenvalue weighted by Crippen LogP contribution is 2.66. The predicted octanol–water partition coefficient (Wildman–Crippen LogP) is 5.02. The molecule has 1 aromatic rings. The molecular weight excluding hydrogens is 754 g/mol. The van der Waals surface area contributed by atoms with Crippen LogP contribution in [0.3, 0.4) is 0 Å². The minimum atomic E-state index is -6.37. The molecule has 0 amide bonds. The molecule has 6 rings (SSSR count). The monoisotopic (exact) mass is 774 g/mol. The Kier molecular flexibility index (Phi) is 6.55. The Bertz CT molecular complexity index is 1270. The van der Waals surface area contributed by atoms with Crippen LogP contribution in [-0.2, 0) is 24.4 Å². The Balaban J connectivity index is 1.32. The Morgan fingerprint density at radius 3 is 2.27 bits per heavy atom. The molecule has 4 saturated carbocycles. The van der Waals surface area contributed by atoms with Gasteiger partial charge in [-0.3, -0.25) is 9.35 Å². The van der Waals surface area contributed by atoms with E-state index in [-0.39, 0.29) is 30.6 Å². The maximum atomic E-state index is 13.8. The predicted molar refractivity (Wildman–Crippen MR) is 134 cm³/mol. The van der Waals surface area contributed by atoms with Gasteiger partial charge >= 0.3 is 33.2 Å². The average Bonchev–Trinajstić information content (AvgIpc) is 2.77. The third kappa shape index (κ3) is 4.24. The highest BCUT2D eigenvalue weighted by atomic mass is 127. The largest absolute Gasteiger partial charge is 0.465 e. The van der Waals surface area contributed by atoms with E-state index >= 15 is 0 Å². The van der Waals surface area contributed by atoms with Crippen molar-refractivity contribution in [3.8, 4) is 5.75 Å². The van der Waals surface area contributed by atoms with Gasteiger partial charge in [0.25, 0.3) is 5.79 Å². The van der Waals surface area contributed by atoms with Crippen molar-refractivity contribution in [1.29, 1.82) is 0 Å². The van der Waals surface area contributed by atoms with Crippen molar-refractivity contribution in [3.05, 3.63) is 24.8 Å². The molecule has 2 unspecified atom stereocenters. The molecule has 15 heteroatoms. The van der Waals surface area contributed by atoms with Gasteiger partial charge in [0.2, 0.25) is 0 Å². The van der Waals surface area contributed by atoms with Gasteiger partial charge in [-0.15, -0.1) is 0 Å². The topological polar surface area (TPSA) is 116 Å². The van der Waals surface area contributed by atoms with E-state index in [1.165, 1.54) is 0 Å². The van der Waals surface area contributed by atoms with Gasteiger partial charge in [-0.2, -0.15) is 26.0 Å². The zero-order chi connectivity index (χ0) is 27.2. The molecule has 37 heavy (non-hydrogen) atoms. The van der Waals surface area contributed by atoms with Crippen LogP contribution in [0.5, 0.6) is 5.75 Å². The molecule has 1 N–H and O–H groups in total. The van der Waals surface area contributed by atoms with Crippen molar-refractivity contribution in [1.82, 2.24) is 0 Å². The Labute approximate surface area is 236 Å². The normalized spacial score (nSPS) is 32.6. The summed E-state index contributed by atoms with van der Waals surface area (Å²) in [4.78, 5) is 26.0. The van der Waals surface area contributed by atoms with Crippen LogP contribution in [0.4, 0.5) is 17.6 Å². The zero-order valence-corrected chi connectivity index (χ0v) is 23.9. The zero-order valence-electron chi connectivity index (χ0n) is 18.8.